The van der Waals surface area contributed by atoms with Gasteiger partial charge in [0.15, 0.2) is 0 Å². The van der Waals surface area contributed by atoms with Crippen LogP contribution in [0.25, 0.3) is 0 Å². The smallest absolute Gasteiger partial charge is 0.326 e. The monoisotopic (exact) mass is 193 g/mol. The average Bonchev–Trinajstić information content (AvgIpc) is 2.67. The first kappa shape index (κ1) is 8.93. The molecule has 1 aromatic heterocycles. The van der Waals surface area contributed by atoms with Gasteiger partial charge in [-0.05, 0) is 18.9 Å². The number of carbonyl (C=O) groups is 1. The van der Waals surface area contributed by atoms with Crippen LogP contribution < -0.4 is 4.90 Å². The Morgan fingerprint density at radius 3 is 3.07 bits per heavy atom. The van der Waals surface area contributed by atoms with Crippen LogP contribution in [0.15, 0.2) is 18.5 Å². The predicted molar refractivity (Wildman–Crippen MR) is 50.0 cm³/mol. The van der Waals surface area contributed by atoms with Crippen molar-refractivity contribution in [2.75, 3.05) is 11.4 Å². The minimum Gasteiger partial charge on any atom is -0.480 e. The molecular weight excluding hydrogens is 182 g/mol. The van der Waals surface area contributed by atoms with Crippen molar-refractivity contribution in [1.29, 1.82) is 0 Å². The second-order valence-corrected chi connectivity index (χ2v) is 3.29. The second-order valence-electron chi connectivity index (χ2n) is 3.29. The molecule has 1 atom stereocenters. The van der Waals surface area contributed by atoms with E-state index in [1.54, 1.807) is 18.5 Å². The molecule has 0 spiro atoms. The largest absolute Gasteiger partial charge is 0.480 e. The van der Waals surface area contributed by atoms with Crippen molar-refractivity contribution in [3.8, 4) is 0 Å². The number of anilines is 1. The molecule has 1 fully saturated rings. The fourth-order valence-electron chi connectivity index (χ4n) is 1.79. The summed E-state index contributed by atoms with van der Waals surface area (Å²) in [6, 6.07) is 1.38. The first-order chi connectivity index (χ1) is 6.79. The molecule has 1 aromatic rings. The zero-order valence-corrected chi connectivity index (χ0v) is 7.63. The Hall–Kier alpha value is -1.65. The zero-order chi connectivity index (χ0) is 9.97. The van der Waals surface area contributed by atoms with Crippen LogP contribution in [0.5, 0.6) is 0 Å². The highest BCUT2D eigenvalue weighted by Crippen LogP contribution is 2.24. The molecule has 2 heterocycles. The van der Waals surface area contributed by atoms with Crippen molar-refractivity contribution in [2.45, 2.75) is 18.9 Å². The molecule has 5 nitrogen and oxygen atoms in total. The lowest BCUT2D eigenvalue weighted by Crippen LogP contribution is -2.35. The number of carboxylic acids is 1. The van der Waals surface area contributed by atoms with Gasteiger partial charge in [0.2, 0.25) is 0 Å². The van der Waals surface area contributed by atoms with E-state index in [0.29, 0.717) is 6.42 Å². The van der Waals surface area contributed by atoms with Crippen molar-refractivity contribution >= 4 is 11.7 Å². The fourth-order valence-corrected chi connectivity index (χ4v) is 1.79. The van der Waals surface area contributed by atoms with Gasteiger partial charge in [-0.25, -0.2) is 4.79 Å². The Bertz CT molecular complexity index is 328. The third kappa shape index (κ3) is 1.53. The first-order valence-corrected chi connectivity index (χ1v) is 4.55. The van der Waals surface area contributed by atoms with E-state index in [1.165, 1.54) is 0 Å². The van der Waals surface area contributed by atoms with Crippen molar-refractivity contribution in [1.82, 2.24) is 10.2 Å². The molecule has 0 amide bonds. The average molecular weight is 193 g/mol. The maximum atomic E-state index is 10.9. The Morgan fingerprint density at radius 1 is 1.57 bits per heavy atom. The highest BCUT2D eigenvalue weighted by Gasteiger charge is 2.30. The van der Waals surface area contributed by atoms with E-state index in [4.69, 9.17) is 5.11 Å². The molecule has 1 saturated heterocycles. The molecule has 14 heavy (non-hydrogen) atoms. The number of nitrogens with zero attached hydrogens (tertiary/aromatic N) is 3. The third-order valence-electron chi connectivity index (χ3n) is 2.44. The zero-order valence-electron chi connectivity index (χ0n) is 7.63. The normalized spacial score (nSPS) is 21.1. The minimum atomic E-state index is -0.765. The van der Waals surface area contributed by atoms with Crippen molar-refractivity contribution in [2.24, 2.45) is 0 Å². The summed E-state index contributed by atoms with van der Waals surface area (Å²) < 4.78 is 0. The molecule has 0 unspecified atom stereocenters. The molecule has 0 saturated carbocycles. The van der Waals surface area contributed by atoms with Gasteiger partial charge in [0.25, 0.3) is 0 Å². The van der Waals surface area contributed by atoms with E-state index in [1.807, 2.05) is 4.90 Å². The molecule has 1 aliphatic rings. The lowest BCUT2D eigenvalue weighted by atomic mass is 10.2. The number of aliphatic carboxylic acids is 1. The fraction of sp³-hybridized carbons (Fsp3) is 0.444. The lowest BCUT2D eigenvalue weighted by molar-refractivity contribution is -0.138. The minimum absolute atomic E-state index is 0.404. The van der Waals surface area contributed by atoms with E-state index in [-0.39, 0.29) is 0 Å². The van der Waals surface area contributed by atoms with Crippen LogP contribution >= 0.6 is 0 Å². The van der Waals surface area contributed by atoms with Gasteiger partial charge in [-0.3, -0.25) is 0 Å². The van der Waals surface area contributed by atoms with Gasteiger partial charge < -0.3 is 10.0 Å². The molecular formula is C9H11N3O2. The predicted octanol–water partition coefficient (Wildman–Crippen LogP) is 0.530. The van der Waals surface area contributed by atoms with Gasteiger partial charge in [0, 0.05) is 6.54 Å². The molecule has 5 heteroatoms. The molecule has 1 aliphatic heterocycles. The van der Waals surface area contributed by atoms with E-state index >= 15 is 0 Å². The molecule has 0 aromatic carbocycles. The second kappa shape index (κ2) is 3.61. The first-order valence-electron chi connectivity index (χ1n) is 4.55. The van der Waals surface area contributed by atoms with E-state index in [2.05, 4.69) is 10.2 Å². The van der Waals surface area contributed by atoms with E-state index < -0.39 is 12.0 Å². The Morgan fingerprint density at radius 2 is 2.43 bits per heavy atom. The maximum Gasteiger partial charge on any atom is 0.326 e. The number of carboxylic acid groups (broad SMARTS) is 1. The van der Waals surface area contributed by atoms with Gasteiger partial charge in [-0.15, -0.1) is 0 Å². The van der Waals surface area contributed by atoms with Crippen LogP contribution in [0.4, 0.5) is 5.69 Å². The van der Waals surface area contributed by atoms with Crippen LogP contribution in [0, 0.1) is 0 Å². The summed E-state index contributed by atoms with van der Waals surface area (Å²) in [5.74, 6) is -0.765. The molecule has 0 aliphatic carbocycles. The molecule has 0 radical (unpaired) electrons. The van der Waals surface area contributed by atoms with Gasteiger partial charge in [0.1, 0.15) is 6.04 Å². The van der Waals surface area contributed by atoms with Gasteiger partial charge >= 0.3 is 5.97 Å². The topological polar surface area (TPSA) is 66.3 Å². The lowest BCUT2D eigenvalue weighted by Gasteiger charge is -2.22. The van der Waals surface area contributed by atoms with E-state index in [0.717, 1.165) is 18.7 Å². The summed E-state index contributed by atoms with van der Waals surface area (Å²) in [5, 5.41) is 16.4. The highest BCUT2D eigenvalue weighted by molar-refractivity contribution is 5.78. The van der Waals surface area contributed by atoms with Crippen LogP contribution in [-0.2, 0) is 4.79 Å². The van der Waals surface area contributed by atoms with Crippen LogP contribution in [0.2, 0.25) is 0 Å². The third-order valence-corrected chi connectivity index (χ3v) is 2.44. The van der Waals surface area contributed by atoms with Crippen molar-refractivity contribution in [3.05, 3.63) is 18.5 Å². The summed E-state index contributed by atoms with van der Waals surface area (Å²) in [6.07, 6.45) is 4.80. The van der Waals surface area contributed by atoms with Gasteiger partial charge in [-0.2, -0.15) is 10.2 Å². The summed E-state index contributed by atoms with van der Waals surface area (Å²) in [4.78, 5) is 12.8. The maximum absolute atomic E-state index is 10.9. The molecule has 1 N–H and O–H groups in total. The van der Waals surface area contributed by atoms with Crippen molar-refractivity contribution < 1.29 is 9.90 Å². The summed E-state index contributed by atoms with van der Waals surface area (Å²) in [7, 11) is 0. The molecule has 0 bridgehead atoms. The summed E-state index contributed by atoms with van der Waals surface area (Å²) >= 11 is 0. The van der Waals surface area contributed by atoms with Gasteiger partial charge in [-0.1, -0.05) is 0 Å². The number of hydrogen-bond acceptors (Lipinski definition) is 4. The highest BCUT2D eigenvalue weighted by atomic mass is 16.4. The quantitative estimate of drug-likeness (QED) is 0.742. The SMILES string of the molecule is O=C(O)[C@H]1CCCN1c1ccnnc1. The van der Waals surface area contributed by atoms with Gasteiger partial charge in [0.05, 0.1) is 18.1 Å². The number of rotatable bonds is 2. The number of aromatic nitrogens is 2. The summed E-state index contributed by atoms with van der Waals surface area (Å²) in [5.41, 5.74) is 0.838. The van der Waals surface area contributed by atoms with E-state index in [9.17, 15) is 4.79 Å². The molecule has 74 valence electrons. The Balaban J connectivity index is 2.22. The molecule has 2 rings (SSSR count). The Labute approximate surface area is 81.4 Å². The van der Waals surface area contributed by atoms with Crippen LogP contribution in [0.3, 0.4) is 0 Å². The Kier molecular flexibility index (Phi) is 2.30. The van der Waals surface area contributed by atoms with Crippen molar-refractivity contribution in [3.63, 3.8) is 0 Å². The van der Waals surface area contributed by atoms with Crippen LogP contribution in [-0.4, -0.2) is 33.9 Å². The summed E-state index contributed by atoms with van der Waals surface area (Å²) in [6.45, 7) is 0.780. The van der Waals surface area contributed by atoms with Crippen LogP contribution in [0.1, 0.15) is 12.8 Å². The number of hydrogen-bond donors (Lipinski definition) is 1. The standard InChI is InChI=1S/C9H11N3O2/c13-9(14)8-2-1-5-12(8)7-3-4-10-11-6-7/h3-4,6,8H,1-2,5H2,(H,13,14)/t8-/m1/s1.